The molecular weight excluding hydrogens is 221 g/mol. The van der Waals surface area contributed by atoms with Gasteiger partial charge in [-0.2, -0.15) is 5.10 Å². The Morgan fingerprint density at radius 1 is 1.19 bits per heavy atom. The SMILES string of the molecule is O=Cc1cnn(-c2cc(F)c(F)c(F)c2)c1. The number of carbonyl (C=O) groups excluding carboxylic acids is 1. The molecule has 0 atom stereocenters. The lowest BCUT2D eigenvalue weighted by atomic mass is 10.3. The van der Waals surface area contributed by atoms with Crippen LogP contribution in [0.15, 0.2) is 24.5 Å². The average molecular weight is 226 g/mol. The van der Waals surface area contributed by atoms with Gasteiger partial charge in [0.1, 0.15) is 0 Å². The van der Waals surface area contributed by atoms with Crippen molar-refractivity contribution in [2.45, 2.75) is 0 Å². The first kappa shape index (κ1) is 10.4. The van der Waals surface area contributed by atoms with E-state index in [1.807, 2.05) is 0 Å². The van der Waals surface area contributed by atoms with E-state index in [0.717, 1.165) is 16.8 Å². The zero-order valence-corrected chi connectivity index (χ0v) is 7.82. The molecule has 2 rings (SSSR count). The largest absolute Gasteiger partial charge is 0.298 e. The lowest BCUT2D eigenvalue weighted by Gasteiger charge is -2.02. The third-order valence-electron chi connectivity index (χ3n) is 1.97. The van der Waals surface area contributed by atoms with Crippen LogP contribution >= 0.6 is 0 Å². The molecule has 2 aromatic rings. The number of hydrogen-bond acceptors (Lipinski definition) is 2. The zero-order chi connectivity index (χ0) is 11.7. The molecule has 82 valence electrons. The molecule has 0 saturated carbocycles. The van der Waals surface area contributed by atoms with Crippen molar-refractivity contribution in [1.82, 2.24) is 9.78 Å². The number of aldehydes is 1. The van der Waals surface area contributed by atoms with Crippen LogP contribution in [0.2, 0.25) is 0 Å². The second-order valence-corrected chi connectivity index (χ2v) is 3.06. The van der Waals surface area contributed by atoms with Gasteiger partial charge in [0.25, 0.3) is 0 Å². The second kappa shape index (κ2) is 3.80. The third kappa shape index (κ3) is 1.69. The number of carbonyl (C=O) groups is 1. The molecule has 0 aliphatic heterocycles. The van der Waals surface area contributed by atoms with Gasteiger partial charge in [0, 0.05) is 18.3 Å². The topological polar surface area (TPSA) is 34.9 Å². The number of nitrogens with zero attached hydrogens (tertiary/aromatic N) is 2. The Kier molecular flexibility index (Phi) is 2.47. The number of aromatic nitrogens is 2. The van der Waals surface area contributed by atoms with Crippen LogP contribution in [0, 0.1) is 17.5 Å². The smallest absolute Gasteiger partial charge is 0.194 e. The summed E-state index contributed by atoms with van der Waals surface area (Å²) in [4.78, 5) is 10.4. The summed E-state index contributed by atoms with van der Waals surface area (Å²) < 4.78 is 39.5. The molecule has 0 fully saturated rings. The van der Waals surface area contributed by atoms with E-state index in [-0.39, 0.29) is 11.3 Å². The maximum absolute atomic E-state index is 12.9. The highest BCUT2D eigenvalue weighted by molar-refractivity contribution is 5.73. The Hall–Kier alpha value is -2.11. The first-order valence-electron chi connectivity index (χ1n) is 4.26. The van der Waals surface area contributed by atoms with Crippen LogP contribution in [0.25, 0.3) is 5.69 Å². The van der Waals surface area contributed by atoms with Crippen molar-refractivity contribution >= 4 is 6.29 Å². The van der Waals surface area contributed by atoms with E-state index in [9.17, 15) is 18.0 Å². The molecule has 0 spiro atoms. The van der Waals surface area contributed by atoms with E-state index in [0.29, 0.717) is 6.29 Å². The van der Waals surface area contributed by atoms with Crippen molar-refractivity contribution in [3.8, 4) is 5.69 Å². The van der Waals surface area contributed by atoms with Crippen molar-refractivity contribution in [2.24, 2.45) is 0 Å². The molecule has 0 bridgehead atoms. The van der Waals surface area contributed by atoms with E-state index < -0.39 is 17.5 Å². The van der Waals surface area contributed by atoms with Crippen LogP contribution in [-0.4, -0.2) is 16.1 Å². The molecule has 0 unspecified atom stereocenters. The van der Waals surface area contributed by atoms with Crippen molar-refractivity contribution < 1.29 is 18.0 Å². The Labute approximate surface area is 88.1 Å². The average Bonchev–Trinajstić information content (AvgIpc) is 2.73. The van der Waals surface area contributed by atoms with Gasteiger partial charge in [0.15, 0.2) is 23.7 Å². The molecule has 1 heterocycles. The molecule has 1 aromatic carbocycles. The summed E-state index contributed by atoms with van der Waals surface area (Å²) in [7, 11) is 0. The highest BCUT2D eigenvalue weighted by Gasteiger charge is 2.12. The van der Waals surface area contributed by atoms with Crippen molar-refractivity contribution in [3.63, 3.8) is 0 Å². The minimum atomic E-state index is -1.54. The molecule has 16 heavy (non-hydrogen) atoms. The van der Waals surface area contributed by atoms with Gasteiger partial charge in [-0.15, -0.1) is 0 Å². The number of hydrogen-bond donors (Lipinski definition) is 0. The van der Waals surface area contributed by atoms with Crippen molar-refractivity contribution in [2.75, 3.05) is 0 Å². The monoisotopic (exact) mass is 226 g/mol. The fraction of sp³-hybridized carbons (Fsp3) is 0. The maximum atomic E-state index is 12.9. The first-order chi connectivity index (χ1) is 7.61. The van der Waals surface area contributed by atoms with Crippen LogP contribution in [-0.2, 0) is 0 Å². The molecule has 1 aromatic heterocycles. The number of halogens is 3. The van der Waals surface area contributed by atoms with Crippen LogP contribution in [0.1, 0.15) is 10.4 Å². The maximum Gasteiger partial charge on any atom is 0.194 e. The summed E-state index contributed by atoms with van der Waals surface area (Å²) in [5, 5.41) is 3.70. The van der Waals surface area contributed by atoms with Gasteiger partial charge in [0.2, 0.25) is 0 Å². The van der Waals surface area contributed by atoms with Gasteiger partial charge < -0.3 is 0 Å². The Morgan fingerprint density at radius 3 is 2.31 bits per heavy atom. The van der Waals surface area contributed by atoms with Crippen LogP contribution in [0.3, 0.4) is 0 Å². The predicted octanol–water partition coefficient (Wildman–Crippen LogP) is 2.10. The molecule has 3 nitrogen and oxygen atoms in total. The van der Waals surface area contributed by atoms with Gasteiger partial charge in [-0.05, 0) is 0 Å². The lowest BCUT2D eigenvalue weighted by Crippen LogP contribution is -1.99. The summed E-state index contributed by atoms with van der Waals surface area (Å²) >= 11 is 0. The van der Waals surface area contributed by atoms with E-state index in [1.165, 1.54) is 12.4 Å². The lowest BCUT2D eigenvalue weighted by molar-refractivity contribution is 0.112. The van der Waals surface area contributed by atoms with Crippen LogP contribution in [0.5, 0.6) is 0 Å². The van der Waals surface area contributed by atoms with Gasteiger partial charge in [0.05, 0.1) is 17.4 Å². The van der Waals surface area contributed by atoms with Crippen molar-refractivity contribution in [1.29, 1.82) is 0 Å². The Balaban J connectivity index is 2.52. The van der Waals surface area contributed by atoms with Gasteiger partial charge >= 0.3 is 0 Å². The zero-order valence-electron chi connectivity index (χ0n) is 7.82. The standard InChI is InChI=1S/C10H5F3N2O/c11-8-1-7(2-9(12)10(8)13)15-4-6(5-16)3-14-15/h1-5H. The highest BCUT2D eigenvalue weighted by Crippen LogP contribution is 2.16. The minimum absolute atomic E-state index is 0.00417. The quantitative estimate of drug-likeness (QED) is 0.580. The fourth-order valence-corrected chi connectivity index (χ4v) is 1.21. The van der Waals surface area contributed by atoms with Crippen LogP contribution in [0.4, 0.5) is 13.2 Å². The summed E-state index contributed by atoms with van der Waals surface area (Å²) in [6, 6.07) is 1.58. The minimum Gasteiger partial charge on any atom is -0.298 e. The third-order valence-corrected chi connectivity index (χ3v) is 1.97. The number of rotatable bonds is 2. The molecule has 6 heteroatoms. The Bertz CT molecular complexity index is 528. The molecule has 0 radical (unpaired) electrons. The molecule has 0 N–H and O–H groups in total. The van der Waals surface area contributed by atoms with Crippen molar-refractivity contribution in [3.05, 3.63) is 47.5 Å². The number of benzene rings is 1. The van der Waals surface area contributed by atoms with E-state index in [4.69, 9.17) is 0 Å². The highest BCUT2D eigenvalue weighted by atomic mass is 19.2. The summed E-state index contributed by atoms with van der Waals surface area (Å²) in [6.07, 6.45) is 3.05. The van der Waals surface area contributed by atoms with E-state index >= 15 is 0 Å². The van der Waals surface area contributed by atoms with E-state index in [1.54, 1.807) is 0 Å². The summed E-state index contributed by atoms with van der Waals surface area (Å²) in [6.45, 7) is 0. The van der Waals surface area contributed by atoms with Gasteiger partial charge in [-0.25, -0.2) is 17.9 Å². The predicted molar refractivity (Wildman–Crippen MR) is 48.8 cm³/mol. The second-order valence-electron chi connectivity index (χ2n) is 3.06. The molecule has 0 aliphatic carbocycles. The molecule has 0 aliphatic rings. The Morgan fingerprint density at radius 2 is 1.81 bits per heavy atom. The van der Waals surface area contributed by atoms with Gasteiger partial charge in [-0.1, -0.05) is 0 Å². The molecular formula is C10H5F3N2O. The summed E-state index contributed by atoms with van der Waals surface area (Å²) in [5.41, 5.74) is 0.259. The fourth-order valence-electron chi connectivity index (χ4n) is 1.21. The molecule has 0 saturated heterocycles. The van der Waals surface area contributed by atoms with Crippen LogP contribution < -0.4 is 0 Å². The summed E-state index contributed by atoms with van der Waals surface area (Å²) in [5.74, 6) is -4.15. The van der Waals surface area contributed by atoms with Gasteiger partial charge in [-0.3, -0.25) is 4.79 Å². The normalized spacial score (nSPS) is 10.4. The van der Waals surface area contributed by atoms with E-state index in [2.05, 4.69) is 5.10 Å². The molecule has 0 amide bonds. The first-order valence-corrected chi connectivity index (χ1v) is 4.26.